The van der Waals surface area contributed by atoms with E-state index in [0.717, 1.165) is 49.0 Å². The summed E-state index contributed by atoms with van der Waals surface area (Å²) in [6.45, 7) is 6.50. The van der Waals surface area contributed by atoms with Gasteiger partial charge >= 0.3 is 0 Å². The maximum Gasteiger partial charge on any atom is 0.241 e. The van der Waals surface area contributed by atoms with Crippen molar-refractivity contribution in [1.82, 2.24) is 29.8 Å². The minimum Gasteiger partial charge on any atom is -0.395 e. The molecule has 10 nitrogen and oxygen atoms in total. The molecule has 1 amide bonds. The van der Waals surface area contributed by atoms with E-state index in [4.69, 9.17) is 25.8 Å². The summed E-state index contributed by atoms with van der Waals surface area (Å²) < 4.78 is 13.1. The number of nitrogens with zero attached hydrogens (tertiary/aromatic N) is 5. The van der Waals surface area contributed by atoms with Crippen LogP contribution in [0, 0.1) is 5.92 Å². The Balaban J connectivity index is 1.51. The number of likely N-dealkylation sites (N-methyl/N-ethyl adjacent to an activating group) is 1. The molecule has 3 aromatic rings. The molecule has 202 valence electrons. The quantitative estimate of drug-likeness (QED) is 0.366. The summed E-state index contributed by atoms with van der Waals surface area (Å²) in [4.78, 5) is 20.7. The zero-order chi connectivity index (χ0) is 26.4. The number of rotatable bonds is 12. The molecule has 2 aromatic heterocycles. The van der Waals surface area contributed by atoms with E-state index in [1.165, 1.54) is 0 Å². The van der Waals surface area contributed by atoms with Gasteiger partial charge in [0.05, 0.1) is 30.2 Å². The molecular weight excluding hydrogens is 496 g/mol. The Bertz CT molecular complexity index is 1180. The first kappa shape index (κ1) is 27.5. The van der Waals surface area contributed by atoms with E-state index < -0.39 is 0 Å². The fraction of sp³-hybridized carbons (Fsp3) is 0.577. The Kier molecular flexibility index (Phi) is 9.55. The number of methoxy groups -OCH3 is 1. The fourth-order valence-corrected chi connectivity index (χ4v) is 5.27. The maximum atomic E-state index is 11.8. The maximum absolute atomic E-state index is 11.8. The zero-order valence-corrected chi connectivity index (χ0v) is 22.6. The average Bonchev–Trinajstić information content (AvgIpc) is 3.52. The second-order valence-corrected chi connectivity index (χ2v) is 10.0. The summed E-state index contributed by atoms with van der Waals surface area (Å²) in [6, 6.07) is 5.76. The van der Waals surface area contributed by atoms with Gasteiger partial charge in [-0.3, -0.25) is 14.6 Å². The fourth-order valence-electron chi connectivity index (χ4n) is 4.99. The van der Waals surface area contributed by atoms with E-state index in [9.17, 15) is 9.90 Å². The molecule has 1 aliphatic rings. The van der Waals surface area contributed by atoms with Crippen LogP contribution in [0.15, 0.2) is 28.9 Å². The molecule has 1 unspecified atom stereocenters. The molecule has 37 heavy (non-hydrogen) atoms. The van der Waals surface area contributed by atoms with Gasteiger partial charge in [0.25, 0.3) is 0 Å². The van der Waals surface area contributed by atoms with E-state index >= 15 is 0 Å². The second-order valence-electron chi connectivity index (χ2n) is 9.61. The Morgan fingerprint density at radius 2 is 2.22 bits per heavy atom. The molecule has 0 aliphatic carbocycles. The molecule has 4 rings (SSSR count). The number of aliphatic hydroxyl groups excluding tert-OH is 1. The molecule has 3 heterocycles. The van der Waals surface area contributed by atoms with Crippen LogP contribution in [0.1, 0.15) is 25.7 Å². The predicted octanol–water partition coefficient (Wildman–Crippen LogP) is 2.63. The molecular formula is C26H37ClN6O4. The molecule has 1 aliphatic heterocycles. The minimum absolute atomic E-state index is 0.0218. The molecule has 1 saturated heterocycles. The molecule has 1 aromatic carbocycles. The first-order valence-electron chi connectivity index (χ1n) is 12.8. The molecule has 0 spiro atoms. The Morgan fingerprint density at radius 1 is 1.38 bits per heavy atom. The van der Waals surface area contributed by atoms with Crippen LogP contribution in [-0.2, 0) is 22.6 Å². The van der Waals surface area contributed by atoms with E-state index in [2.05, 4.69) is 33.1 Å². The Labute approximate surface area is 222 Å². The number of piperazine rings is 1. The second kappa shape index (κ2) is 12.8. The van der Waals surface area contributed by atoms with Gasteiger partial charge in [-0.25, -0.2) is 0 Å². The van der Waals surface area contributed by atoms with Gasteiger partial charge < -0.3 is 24.3 Å². The van der Waals surface area contributed by atoms with Gasteiger partial charge in [0.2, 0.25) is 17.6 Å². The third-order valence-electron chi connectivity index (χ3n) is 7.20. The molecule has 2 atom stereocenters. The number of hydrogen-bond donors (Lipinski definition) is 2. The SMILES string of the molecule is CCC(CCOC)Cn1cc(-c2noc(CN3CCN(CC(=O)NC)[C@H](CO)C3)n2)c2cccc(Cl)c21. The summed E-state index contributed by atoms with van der Waals surface area (Å²) >= 11 is 6.64. The number of ether oxygens (including phenoxy) is 1. The summed E-state index contributed by atoms with van der Waals surface area (Å²) in [5.74, 6) is 1.45. The number of aromatic nitrogens is 3. The number of carbonyl (C=O) groups excluding carboxylic acids is 1. The Morgan fingerprint density at radius 3 is 2.95 bits per heavy atom. The van der Waals surface area contributed by atoms with Crippen molar-refractivity contribution in [2.24, 2.45) is 5.92 Å². The zero-order valence-electron chi connectivity index (χ0n) is 21.8. The lowest BCUT2D eigenvalue weighted by molar-refractivity contribution is -0.123. The van der Waals surface area contributed by atoms with E-state index in [1.54, 1.807) is 14.2 Å². The number of benzene rings is 1. The summed E-state index contributed by atoms with van der Waals surface area (Å²) in [6.07, 6.45) is 4.09. The summed E-state index contributed by atoms with van der Waals surface area (Å²) in [5.41, 5.74) is 1.86. The van der Waals surface area contributed by atoms with Crippen LogP contribution in [0.5, 0.6) is 0 Å². The number of fused-ring (bicyclic) bond motifs is 1. The van der Waals surface area contributed by atoms with Crippen molar-refractivity contribution < 1.29 is 19.2 Å². The van der Waals surface area contributed by atoms with Gasteiger partial charge in [-0.05, 0) is 18.4 Å². The van der Waals surface area contributed by atoms with Crippen LogP contribution < -0.4 is 5.32 Å². The monoisotopic (exact) mass is 532 g/mol. The average molecular weight is 533 g/mol. The highest BCUT2D eigenvalue weighted by atomic mass is 35.5. The lowest BCUT2D eigenvalue weighted by atomic mass is 10.0. The molecule has 0 radical (unpaired) electrons. The standard InChI is InChI=1S/C26H37ClN6O4/c1-4-18(8-11-36-3)12-33-14-21(20-6-5-7-22(27)25(20)33)26-29-24(37-30-26)16-31-9-10-32(15-23(35)28-2)19(13-31)17-34/h5-7,14,18-19,34H,4,8-13,15-17H2,1-3H3,(H,28,35)/t18?,19-/m0/s1. The largest absolute Gasteiger partial charge is 0.395 e. The first-order chi connectivity index (χ1) is 18.0. The van der Waals surface area contributed by atoms with Gasteiger partial charge in [0.15, 0.2) is 0 Å². The van der Waals surface area contributed by atoms with Gasteiger partial charge in [0, 0.05) is 70.1 Å². The summed E-state index contributed by atoms with van der Waals surface area (Å²) in [7, 11) is 3.35. The van der Waals surface area contributed by atoms with Crippen LogP contribution in [0.2, 0.25) is 5.02 Å². The van der Waals surface area contributed by atoms with E-state index in [0.29, 0.717) is 42.3 Å². The van der Waals surface area contributed by atoms with Gasteiger partial charge in [-0.1, -0.05) is 42.2 Å². The van der Waals surface area contributed by atoms with Crippen molar-refractivity contribution in [3.8, 4) is 11.4 Å². The first-order valence-corrected chi connectivity index (χ1v) is 13.2. The lowest BCUT2D eigenvalue weighted by Gasteiger charge is -2.39. The Hall–Kier alpha value is -2.50. The van der Waals surface area contributed by atoms with Crippen molar-refractivity contribution in [2.75, 3.05) is 53.6 Å². The van der Waals surface area contributed by atoms with Gasteiger partial charge in [-0.2, -0.15) is 4.98 Å². The number of halogens is 1. The predicted molar refractivity (Wildman–Crippen MR) is 142 cm³/mol. The summed E-state index contributed by atoms with van der Waals surface area (Å²) in [5, 5.41) is 18.5. The third kappa shape index (κ3) is 6.50. The number of carbonyl (C=O) groups is 1. The topological polar surface area (TPSA) is 109 Å². The van der Waals surface area contributed by atoms with Crippen molar-refractivity contribution in [3.63, 3.8) is 0 Å². The highest BCUT2D eigenvalue weighted by Gasteiger charge is 2.29. The normalized spacial score (nSPS) is 17.9. The molecule has 0 bridgehead atoms. The number of aliphatic hydroxyl groups is 1. The van der Waals surface area contributed by atoms with Crippen molar-refractivity contribution in [2.45, 2.75) is 38.9 Å². The number of amides is 1. The third-order valence-corrected chi connectivity index (χ3v) is 7.51. The minimum atomic E-state index is -0.127. The van der Waals surface area contributed by atoms with Crippen LogP contribution in [0.3, 0.4) is 0 Å². The van der Waals surface area contributed by atoms with Crippen molar-refractivity contribution >= 4 is 28.4 Å². The van der Waals surface area contributed by atoms with E-state index in [1.807, 2.05) is 23.1 Å². The molecule has 11 heteroatoms. The van der Waals surface area contributed by atoms with Crippen molar-refractivity contribution in [1.29, 1.82) is 0 Å². The van der Waals surface area contributed by atoms with Crippen LogP contribution >= 0.6 is 11.6 Å². The van der Waals surface area contributed by atoms with Gasteiger partial charge in [0.1, 0.15) is 0 Å². The van der Waals surface area contributed by atoms with Crippen LogP contribution in [-0.4, -0.2) is 95.1 Å². The number of para-hydroxylation sites is 1. The highest BCUT2D eigenvalue weighted by Crippen LogP contribution is 2.34. The van der Waals surface area contributed by atoms with E-state index in [-0.39, 0.29) is 25.1 Å². The smallest absolute Gasteiger partial charge is 0.241 e. The van der Waals surface area contributed by atoms with Crippen molar-refractivity contribution in [3.05, 3.63) is 35.3 Å². The molecule has 1 fully saturated rings. The van der Waals surface area contributed by atoms with Crippen LogP contribution in [0.25, 0.3) is 22.3 Å². The lowest BCUT2D eigenvalue weighted by Crippen LogP contribution is -2.56. The van der Waals surface area contributed by atoms with Crippen LogP contribution in [0.4, 0.5) is 0 Å². The number of hydrogen-bond acceptors (Lipinski definition) is 8. The highest BCUT2D eigenvalue weighted by molar-refractivity contribution is 6.35. The molecule has 2 N–H and O–H groups in total. The molecule has 0 saturated carbocycles. The van der Waals surface area contributed by atoms with Gasteiger partial charge in [-0.15, -0.1) is 0 Å². The number of nitrogens with one attached hydrogen (secondary N) is 1.